The van der Waals surface area contributed by atoms with Crippen molar-refractivity contribution in [3.8, 4) is 0 Å². The smallest absolute Gasteiger partial charge is 0.224 e. The van der Waals surface area contributed by atoms with Gasteiger partial charge in [-0.1, -0.05) is 47.6 Å². The minimum atomic E-state index is -1.000. The van der Waals surface area contributed by atoms with Crippen LogP contribution in [0, 0.1) is 12.8 Å². The Balaban J connectivity index is 1.60. The van der Waals surface area contributed by atoms with Gasteiger partial charge in [0, 0.05) is 25.3 Å². The summed E-state index contributed by atoms with van der Waals surface area (Å²) >= 11 is 0. The first-order chi connectivity index (χ1) is 15.7. The summed E-state index contributed by atoms with van der Waals surface area (Å²) < 4.78 is 4.89. The van der Waals surface area contributed by atoms with Gasteiger partial charge in [-0.2, -0.15) is 0 Å². The predicted molar refractivity (Wildman–Crippen MR) is 122 cm³/mol. The first-order valence-corrected chi connectivity index (χ1v) is 10.8. The summed E-state index contributed by atoms with van der Waals surface area (Å²) in [6, 6.07) is 14.6. The van der Waals surface area contributed by atoms with E-state index in [-0.39, 0.29) is 30.7 Å². The van der Waals surface area contributed by atoms with Crippen molar-refractivity contribution in [3.63, 3.8) is 0 Å². The maximum absolute atomic E-state index is 12.7. The summed E-state index contributed by atoms with van der Waals surface area (Å²) in [7, 11) is 0. The largest absolute Gasteiger partial charge is 0.370 e. The molecule has 0 saturated heterocycles. The normalized spacial score (nSPS) is 12.8. The van der Waals surface area contributed by atoms with Crippen LogP contribution < -0.4 is 11.1 Å². The number of hydrogen-bond acceptors (Lipinski definition) is 6. The molecule has 0 saturated carbocycles. The second-order valence-corrected chi connectivity index (χ2v) is 8.15. The number of fused-ring (bicyclic) bond motifs is 1. The van der Waals surface area contributed by atoms with E-state index >= 15 is 0 Å². The summed E-state index contributed by atoms with van der Waals surface area (Å²) in [5, 5.41) is 8.47. The fraction of sp³-hybridized carbons (Fsp3) is 0.320. The second kappa shape index (κ2) is 10.7. The third kappa shape index (κ3) is 6.35. The SMILES string of the molecule is Cc1cc(C(=O)C[C@@H](CC(N)=O)C(=O)N[C@@H](C)C(=O)CCc2cccc3ccccc23)no1. The number of carbonyl (C=O) groups is 4. The molecule has 0 aliphatic heterocycles. The lowest BCUT2D eigenvalue weighted by Crippen LogP contribution is -2.43. The monoisotopic (exact) mass is 449 g/mol. The van der Waals surface area contributed by atoms with Crippen LogP contribution in [0.4, 0.5) is 0 Å². The highest BCUT2D eigenvalue weighted by Crippen LogP contribution is 2.20. The molecule has 33 heavy (non-hydrogen) atoms. The van der Waals surface area contributed by atoms with Gasteiger partial charge in [0.1, 0.15) is 11.5 Å². The third-order valence-electron chi connectivity index (χ3n) is 5.53. The summed E-state index contributed by atoms with van der Waals surface area (Å²) in [5.74, 6) is -2.42. The molecule has 1 aromatic heterocycles. The fourth-order valence-electron chi connectivity index (χ4n) is 3.72. The highest BCUT2D eigenvalue weighted by atomic mass is 16.5. The molecule has 0 aliphatic rings. The summed E-state index contributed by atoms with van der Waals surface area (Å²) in [6.45, 7) is 3.23. The first kappa shape index (κ1) is 23.8. The van der Waals surface area contributed by atoms with Gasteiger partial charge in [-0.15, -0.1) is 0 Å². The Hall–Kier alpha value is -3.81. The molecular weight excluding hydrogens is 422 g/mol. The van der Waals surface area contributed by atoms with Crippen molar-refractivity contribution >= 4 is 34.2 Å². The van der Waals surface area contributed by atoms with Gasteiger partial charge in [0.25, 0.3) is 0 Å². The average molecular weight is 450 g/mol. The average Bonchev–Trinajstić information content (AvgIpc) is 3.23. The fourth-order valence-corrected chi connectivity index (χ4v) is 3.72. The topological polar surface area (TPSA) is 132 Å². The van der Waals surface area contributed by atoms with Gasteiger partial charge < -0.3 is 15.6 Å². The predicted octanol–water partition coefficient (Wildman–Crippen LogP) is 2.91. The Labute approximate surface area is 191 Å². The highest BCUT2D eigenvalue weighted by Gasteiger charge is 2.28. The Bertz CT molecular complexity index is 1180. The number of nitrogens with one attached hydrogen (secondary N) is 1. The maximum atomic E-state index is 12.7. The van der Waals surface area contributed by atoms with Crippen LogP contribution in [0.25, 0.3) is 10.8 Å². The lowest BCUT2D eigenvalue weighted by molar-refractivity contribution is -0.131. The van der Waals surface area contributed by atoms with E-state index in [0.29, 0.717) is 12.2 Å². The van der Waals surface area contributed by atoms with Gasteiger partial charge in [-0.3, -0.25) is 19.2 Å². The molecule has 2 amide bonds. The van der Waals surface area contributed by atoms with Crippen LogP contribution in [-0.2, 0) is 20.8 Å². The Morgan fingerprint density at radius 2 is 1.79 bits per heavy atom. The van der Waals surface area contributed by atoms with Crippen LogP contribution in [0.15, 0.2) is 53.1 Å². The standard InChI is InChI=1S/C25H27N3O5/c1-15-12-21(28-33-15)23(30)13-19(14-24(26)31)25(32)27-16(2)22(29)11-10-18-8-5-7-17-6-3-4-9-20(17)18/h3-9,12,16,19H,10-11,13-14H2,1-2H3,(H2,26,31)(H,27,32)/t16-,19-/m0/s1. The number of primary amides is 1. The Morgan fingerprint density at radius 3 is 2.48 bits per heavy atom. The molecule has 3 rings (SSSR count). The van der Waals surface area contributed by atoms with Crippen LogP contribution in [0.5, 0.6) is 0 Å². The molecule has 0 unspecified atom stereocenters. The zero-order chi connectivity index (χ0) is 24.0. The third-order valence-corrected chi connectivity index (χ3v) is 5.53. The Morgan fingerprint density at radius 1 is 1.06 bits per heavy atom. The number of nitrogens with two attached hydrogens (primary N) is 1. The molecule has 2 atom stereocenters. The molecule has 0 fully saturated rings. The number of aryl methyl sites for hydroxylation is 2. The van der Waals surface area contributed by atoms with E-state index < -0.39 is 29.6 Å². The number of Topliss-reactive ketones (excluding diaryl/α,β-unsaturated/α-hetero) is 2. The summed E-state index contributed by atoms with van der Waals surface area (Å²) in [5.41, 5.74) is 6.40. The van der Waals surface area contributed by atoms with E-state index in [2.05, 4.69) is 10.5 Å². The second-order valence-electron chi connectivity index (χ2n) is 8.15. The van der Waals surface area contributed by atoms with E-state index in [0.717, 1.165) is 16.3 Å². The summed E-state index contributed by atoms with van der Waals surface area (Å²) in [4.78, 5) is 49.3. The maximum Gasteiger partial charge on any atom is 0.224 e. The van der Waals surface area contributed by atoms with Crippen LogP contribution in [0.2, 0.25) is 0 Å². The van der Waals surface area contributed by atoms with Gasteiger partial charge in [0.15, 0.2) is 11.6 Å². The lowest BCUT2D eigenvalue weighted by Gasteiger charge is -2.18. The van der Waals surface area contributed by atoms with Crippen molar-refractivity contribution in [2.24, 2.45) is 11.7 Å². The highest BCUT2D eigenvalue weighted by molar-refractivity contribution is 5.99. The van der Waals surface area contributed by atoms with Crippen LogP contribution >= 0.6 is 0 Å². The molecule has 1 heterocycles. The van der Waals surface area contributed by atoms with E-state index in [4.69, 9.17) is 10.3 Å². The van der Waals surface area contributed by atoms with Crippen molar-refractivity contribution < 1.29 is 23.7 Å². The van der Waals surface area contributed by atoms with Crippen molar-refractivity contribution in [2.45, 2.75) is 45.6 Å². The number of amides is 2. The zero-order valence-electron chi connectivity index (χ0n) is 18.7. The van der Waals surface area contributed by atoms with Crippen LogP contribution in [-0.4, -0.2) is 34.6 Å². The molecule has 172 valence electrons. The van der Waals surface area contributed by atoms with Crippen molar-refractivity contribution in [1.82, 2.24) is 10.5 Å². The lowest BCUT2D eigenvalue weighted by atomic mass is 9.95. The number of rotatable bonds is 11. The molecular formula is C25H27N3O5. The number of nitrogens with zero attached hydrogens (tertiary/aromatic N) is 1. The molecule has 3 aromatic rings. The van der Waals surface area contributed by atoms with Gasteiger partial charge in [0.2, 0.25) is 11.8 Å². The molecule has 3 N–H and O–H groups in total. The minimum absolute atomic E-state index is 0.0778. The first-order valence-electron chi connectivity index (χ1n) is 10.8. The van der Waals surface area contributed by atoms with E-state index in [1.807, 2.05) is 42.5 Å². The molecule has 0 bridgehead atoms. The van der Waals surface area contributed by atoms with Gasteiger partial charge >= 0.3 is 0 Å². The summed E-state index contributed by atoms with van der Waals surface area (Å²) in [6.07, 6.45) is 0.200. The van der Waals surface area contributed by atoms with E-state index in [1.165, 1.54) is 6.07 Å². The number of carbonyl (C=O) groups excluding carboxylic acids is 4. The van der Waals surface area contributed by atoms with Crippen molar-refractivity contribution in [1.29, 1.82) is 0 Å². The van der Waals surface area contributed by atoms with Crippen molar-refractivity contribution in [2.75, 3.05) is 0 Å². The van der Waals surface area contributed by atoms with Crippen LogP contribution in [0.1, 0.15) is 48.0 Å². The quantitative estimate of drug-likeness (QED) is 0.433. The minimum Gasteiger partial charge on any atom is -0.370 e. The number of aromatic nitrogens is 1. The molecule has 0 spiro atoms. The molecule has 8 nitrogen and oxygen atoms in total. The molecule has 0 radical (unpaired) electrons. The molecule has 0 aliphatic carbocycles. The molecule has 2 aromatic carbocycles. The number of benzene rings is 2. The van der Waals surface area contributed by atoms with Gasteiger partial charge in [0.05, 0.1) is 12.0 Å². The zero-order valence-corrected chi connectivity index (χ0v) is 18.7. The number of ketones is 2. The van der Waals surface area contributed by atoms with E-state index in [1.54, 1.807) is 13.8 Å². The number of hydrogen-bond donors (Lipinski definition) is 2. The van der Waals surface area contributed by atoms with Crippen LogP contribution in [0.3, 0.4) is 0 Å². The van der Waals surface area contributed by atoms with E-state index in [9.17, 15) is 19.2 Å². The molecule has 8 heteroatoms. The van der Waals surface area contributed by atoms with Gasteiger partial charge in [-0.05, 0) is 36.6 Å². The Kier molecular flexibility index (Phi) is 7.71. The van der Waals surface area contributed by atoms with Gasteiger partial charge in [-0.25, -0.2) is 0 Å². The van der Waals surface area contributed by atoms with Crippen molar-refractivity contribution in [3.05, 3.63) is 65.5 Å².